The van der Waals surface area contributed by atoms with Crippen LogP contribution >= 0.6 is 0 Å². The minimum absolute atomic E-state index is 0.0725. The fraction of sp³-hybridized carbons (Fsp3) is 0.182. The molecular formula is C11H11N5O3. The number of carboxylic acid groups (broad SMARTS) is 1. The highest BCUT2D eigenvalue weighted by Crippen LogP contribution is 2.23. The third-order valence-corrected chi connectivity index (χ3v) is 2.52. The summed E-state index contributed by atoms with van der Waals surface area (Å²) in [6, 6.07) is 3.41. The van der Waals surface area contributed by atoms with Crippen molar-refractivity contribution in [3.05, 3.63) is 23.8 Å². The number of benzene rings is 1. The van der Waals surface area contributed by atoms with Crippen LogP contribution < -0.4 is 11.2 Å². The Kier molecular flexibility index (Phi) is 3.23. The molecule has 0 radical (unpaired) electrons. The highest BCUT2D eigenvalue weighted by Gasteiger charge is 2.26. The molecule has 1 amide bonds. The zero-order valence-electron chi connectivity index (χ0n) is 9.99. The van der Waals surface area contributed by atoms with Gasteiger partial charge in [-0.1, -0.05) is 0 Å². The van der Waals surface area contributed by atoms with Crippen molar-refractivity contribution < 1.29 is 14.7 Å². The third kappa shape index (κ3) is 2.57. The van der Waals surface area contributed by atoms with Crippen molar-refractivity contribution in [1.82, 2.24) is 5.43 Å². The standard InChI is InChI=1S/C11H11N5O3/c1-5-9(10(17)16-13-5)15-14-8-3-2-6(12)4-7(8)11(18)19/h2-4,9H,12H2,1H3,(H,16,17)(H,18,19)/t9-/m0/s1. The molecule has 0 aromatic heterocycles. The van der Waals surface area contributed by atoms with Gasteiger partial charge in [0.15, 0.2) is 6.04 Å². The normalized spacial score (nSPS) is 18.5. The number of carbonyl (C=O) groups is 2. The molecule has 4 N–H and O–H groups in total. The highest BCUT2D eigenvalue weighted by molar-refractivity contribution is 6.10. The van der Waals surface area contributed by atoms with Gasteiger partial charge in [-0.05, 0) is 25.1 Å². The first kappa shape index (κ1) is 12.7. The van der Waals surface area contributed by atoms with Gasteiger partial charge < -0.3 is 10.8 Å². The predicted molar refractivity (Wildman–Crippen MR) is 67.4 cm³/mol. The van der Waals surface area contributed by atoms with Crippen molar-refractivity contribution in [1.29, 1.82) is 0 Å². The van der Waals surface area contributed by atoms with Gasteiger partial charge in [0.2, 0.25) is 0 Å². The number of anilines is 1. The number of rotatable bonds is 3. The van der Waals surface area contributed by atoms with Crippen LogP contribution in [0.2, 0.25) is 0 Å². The Labute approximate surface area is 108 Å². The number of nitrogen functional groups attached to an aromatic ring is 1. The molecular weight excluding hydrogens is 250 g/mol. The van der Waals surface area contributed by atoms with Crippen LogP contribution in [0, 0.1) is 0 Å². The maximum absolute atomic E-state index is 11.4. The smallest absolute Gasteiger partial charge is 0.338 e. The number of azo groups is 1. The number of aromatic carboxylic acids is 1. The van der Waals surface area contributed by atoms with Gasteiger partial charge in [0.1, 0.15) is 0 Å². The van der Waals surface area contributed by atoms with Gasteiger partial charge in [-0.2, -0.15) is 15.3 Å². The van der Waals surface area contributed by atoms with E-state index in [2.05, 4.69) is 20.8 Å². The summed E-state index contributed by atoms with van der Waals surface area (Å²) in [6.07, 6.45) is 0. The first-order chi connectivity index (χ1) is 8.99. The molecule has 19 heavy (non-hydrogen) atoms. The van der Waals surface area contributed by atoms with Gasteiger partial charge in [0, 0.05) is 5.69 Å². The van der Waals surface area contributed by atoms with Crippen LogP contribution in [0.4, 0.5) is 11.4 Å². The number of carbonyl (C=O) groups excluding carboxylic acids is 1. The minimum Gasteiger partial charge on any atom is -0.478 e. The summed E-state index contributed by atoms with van der Waals surface area (Å²) in [5.41, 5.74) is 8.62. The largest absolute Gasteiger partial charge is 0.478 e. The molecule has 1 heterocycles. The molecule has 0 spiro atoms. The summed E-state index contributed by atoms with van der Waals surface area (Å²) in [5.74, 6) is -1.56. The Bertz CT molecular complexity index is 608. The monoisotopic (exact) mass is 261 g/mol. The lowest BCUT2D eigenvalue weighted by atomic mass is 10.1. The van der Waals surface area contributed by atoms with Gasteiger partial charge >= 0.3 is 5.97 Å². The second kappa shape index (κ2) is 4.84. The van der Waals surface area contributed by atoms with E-state index in [9.17, 15) is 9.59 Å². The SMILES string of the molecule is CC1=NNC(=O)[C@H]1N=Nc1ccc(N)cc1C(=O)O. The Morgan fingerprint density at radius 3 is 2.84 bits per heavy atom. The molecule has 1 aliphatic heterocycles. The number of nitrogens with zero attached hydrogens (tertiary/aromatic N) is 3. The summed E-state index contributed by atoms with van der Waals surface area (Å²) in [6.45, 7) is 1.63. The molecule has 98 valence electrons. The molecule has 1 aromatic rings. The molecule has 0 saturated heterocycles. The van der Waals surface area contributed by atoms with Gasteiger partial charge in [0.05, 0.1) is 17.0 Å². The fourth-order valence-electron chi connectivity index (χ4n) is 1.52. The average molecular weight is 261 g/mol. The van der Waals surface area contributed by atoms with E-state index in [1.807, 2.05) is 0 Å². The first-order valence-corrected chi connectivity index (χ1v) is 5.36. The summed E-state index contributed by atoms with van der Waals surface area (Å²) < 4.78 is 0. The summed E-state index contributed by atoms with van der Waals surface area (Å²) in [4.78, 5) is 22.4. The van der Waals surface area contributed by atoms with E-state index in [-0.39, 0.29) is 11.3 Å². The number of hydrogen-bond acceptors (Lipinski definition) is 6. The van der Waals surface area contributed by atoms with Gasteiger partial charge in [-0.3, -0.25) is 4.79 Å². The second-order valence-corrected chi connectivity index (χ2v) is 3.93. The topological polar surface area (TPSA) is 130 Å². The van der Waals surface area contributed by atoms with Gasteiger partial charge in [-0.15, -0.1) is 0 Å². The third-order valence-electron chi connectivity index (χ3n) is 2.52. The molecule has 1 atom stereocenters. The van der Waals surface area contributed by atoms with E-state index < -0.39 is 17.9 Å². The van der Waals surface area contributed by atoms with E-state index >= 15 is 0 Å². The predicted octanol–water partition coefficient (Wildman–Crippen LogP) is 0.925. The Hall–Kier alpha value is -2.77. The number of carboxylic acids is 1. The number of nitrogens with one attached hydrogen (secondary N) is 1. The maximum atomic E-state index is 11.4. The van der Waals surface area contributed by atoms with Crippen LogP contribution in [-0.4, -0.2) is 28.7 Å². The van der Waals surface area contributed by atoms with E-state index in [0.717, 1.165) is 0 Å². The minimum atomic E-state index is -1.16. The van der Waals surface area contributed by atoms with Crippen molar-refractivity contribution in [2.45, 2.75) is 13.0 Å². The number of nitrogens with two attached hydrogens (primary N) is 1. The quantitative estimate of drug-likeness (QED) is 0.551. The molecule has 0 bridgehead atoms. The van der Waals surface area contributed by atoms with E-state index in [4.69, 9.17) is 10.8 Å². The van der Waals surface area contributed by atoms with Crippen molar-refractivity contribution in [2.75, 3.05) is 5.73 Å². The molecule has 0 saturated carbocycles. The van der Waals surface area contributed by atoms with E-state index in [0.29, 0.717) is 11.4 Å². The molecule has 0 fully saturated rings. The van der Waals surface area contributed by atoms with E-state index in [1.165, 1.54) is 18.2 Å². The lowest BCUT2D eigenvalue weighted by Gasteiger charge is -2.03. The maximum Gasteiger partial charge on any atom is 0.338 e. The van der Waals surface area contributed by atoms with Crippen molar-refractivity contribution in [3.8, 4) is 0 Å². The van der Waals surface area contributed by atoms with Crippen LogP contribution in [0.3, 0.4) is 0 Å². The van der Waals surface area contributed by atoms with Crippen molar-refractivity contribution in [2.24, 2.45) is 15.3 Å². The van der Waals surface area contributed by atoms with Crippen LogP contribution in [0.1, 0.15) is 17.3 Å². The van der Waals surface area contributed by atoms with Crippen LogP contribution in [0.15, 0.2) is 33.5 Å². The summed E-state index contributed by atoms with van der Waals surface area (Å²) in [7, 11) is 0. The fourth-order valence-corrected chi connectivity index (χ4v) is 1.52. The summed E-state index contributed by atoms with van der Waals surface area (Å²) >= 11 is 0. The number of hydrogen-bond donors (Lipinski definition) is 3. The lowest BCUT2D eigenvalue weighted by molar-refractivity contribution is -0.120. The first-order valence-electron chi connectivity index (χ1n) is 5.36. The molecule has 2 rings (SSSR count). The average Bonchev–Trinajstić information content (AvgIpc) is 2.68. The number of hydrazone groups is 1. The Morgan fingerprint density at radius 2 is 2.26 bits per heavy atom. The zero-order chi connectivity index (χ0) is 14.0. The van der Waals surface area contributed by atoms with Crippen molar-refractivity contribution >= 4 is 29.0 Å². The Balaban J connectivity index is 2.31. The van der Waals surface area contributed by atoms with Crippen LogP contribution in [-0.2, 0) is 4.79 Å². The highest BCUT2D eigenvalue weighted by atomic mass is 16.4. The number of amides is 1. The van der Waals surface area contributed by atoms with Crippen LogP contribution in [0.5, 0.6) is 0 Å². The lowest BCUT2D eigenvalue weighted by Crippen LogP contribution is -2.25. The Morgan fingerprint density at radius 1 is 1.53 bits per heavy atom. The van der Waals surface area contributed by atoms with Crippen LogP contribution in [0.25, 0.3) is 0 Å². The second-order valence-electron chi connectivity index (χ2n) is 3.93. The van der Waals surface area contributed by atoms with E-state index in [1.54, 1.807) is 6.92 Å². The molecule has 8 heteroatoms. The van der Waals surface area contributed by atoms with Gasteiger partial charge in [0.25, 0.3) is 5.91 Å². The molecule has 8 nitrogen and oxygen atoms in total. The van der Waals surface area contributed by atoms with Gasteiger partial charge in [-0.25, -0.2) is 10.2 Å². The molecule has 0 unspecified atom stereocenters. The molecule has 1 aliphatic rings. The molecule has 0 aliphatic carbocycles. The zero-order valence-corrected chi connectivity index (χ0v) is 9.99. The summed E-state index contributed by atoms with van der Waals surface area (Å²) in [5, 5.41) is 20.3. The van der Waals surface area contributed by atoms with Crippen molar-refractivity contribution in [3.63, 3.8) is 0 Å². The molecule has 1 aromatic carbocycles.